The van der Waals surface area contributed by atoms with Crippen LogP contribution in [0, 0.1) is 13.8 Å². The van der Waals surface area contributed by atoms with Gasteiger partial charge in [-0.1, -0.05) is 17.8 Å². The zero-order chi connectivity index (χ0) is 20.7. The van der Waals surface area contributed by atoms with Gasteiger partial charge in [-0.05, 0) is 43.5 Å². The Balaban J connectivity index is 1.36. The van der Waals surface area contributed by atoms with Crippen LogP contribution in [-0.2, 0) is 4.79 Å². The maximum atomic E-state index is 13.1. The third-order valence-corrected chi connectivity index (χ3v) is 6.51. The molecule has 1 amide bonds. The minimum atomic E-state index is -0.245. The van der Waals surface area contributed by atoms with E-state index in [9.17, 15) is 4.79 Å². The second kappa shape index (κ2) is 7.69. The van der Waals surface area contributed by atoms with Crippen molar-refractivity contribution in [3.05, 3.63) is 64.0 Å². The summed E-state index contributed by atoms with van der Waals surface area (Å²) in [7, 11) is 0. The molecular formula is C20H18N6O2S2. The Labute approximate surface area is 180 Å². The molecule has 0 N–H and O–H groups in total. The summed E-state index contributed by atoms with van der Waals surface area (Å²) in [6, 6.07) is 9.41. The molecule has 1 aliphatic rings. The number of hydrazone groups is 1. The minimum Gasteiger partial charge on any atom is -0.467 e. The van der Waals surface area contributed by atoms with Gasteiger partial charge in [-0.2, -0.15) is 10.1 Å². The van der Waals surface area contributed by atoms with Gasteiger partial charge < -0.3 is 4.42 Å². The van der Waals surface area contributed by atoms with E-state index in [4.69, 9.17) is 4.42 Å². The SMILES string of the molecule is Cc1cc(C)n2nc(SCC(=O)N3N=C(c4cccs4)C[C@@H]3c3ccco3)nc2n1. The normalized spacial score (nSPS) is 16.4. The lowest BCUT2D eigenvalue weighted by Gasteiger charge is -2.19. The second-order valence-electron chi connectivity index (χ2n) is 6.93. The van der Waals surface area contributed by atoms with Crippen molar-refractivity contribution in [1.82, 2.24) is 24.6 Å². The summed E-state index contributed by atoms with van der Waals surface area (Å²) >= 11 is 2.90. The molecule has 1 aliphatic heterocycles. The molecule has 10 heteroatoms. The third-order valence-electron chi connectivity index (χ3n) is 4.77. The number of aromatic nitrogens is 4. The Kier molecular flexibility index (Phi) is 4.87. The highest BCUT2D eigenvalue weighted by atomic mass is 32.2. The monoisotopic (exact) mass is 438 g/mol. The van der Waals surface area contributed by atoms with E-state index in [1.54, 1.807) is 22.1 Å². The maximum absolute atomic E-state index is 13.1. The van der Waals surface area contributed by atoms with Crippen molar-refractivity contribution in [2.24, 2.45) is 5.10 Å². The van der Waals surface area contributed by atoms with Gasteiger partial charge in [-0.25, -0.2) is 14.5 Å². The van der Waals surface area contributed by atoms with E-state index >= 15 is 0 Å². The van der Waals surface area contributed by atoms with Gasteiger partial charge in [0.2, 0.25) is 5.16 Å². The van der Waals surface area contributed by atoms with Crippen molar-refractivity contribution in [3.63, 3.8) is 0 Å². The number of hydrogen-bond acceptors (Lipinski definition) is 8. The molecular weight excluding hydrogens is 420 g/mol. The summed E-state index contributed by atoms with van der Waals surface area (Å²) in [5, 5.41) is 13.1. The molecule has 30 heavy (non-hydrogen) atoms. The quantitative estimate of drug-likeness (QED) is 0.440. The molecule has 152 valence electrons. The number of amides is 1. The lowest BCUT2D eigenvalue weighted by Crippen LogP contribution is -2.28. The van der Waals surface area contributed by atoms with Gasteiger partial charge in [0.15, 0.2) is 0 Å². The molecule has 5 heterocycles. The average molecular weight is 439 g/mol. The number of furan rings is 1. The first-order chi connectivity index (χ1) is 14.6. The van der Waals surface area contributed by atoms with E-state index in [2.05, 4.69) is 20.2 Å². The van der Waals surface area contributed by atoms with Crippen LogP contribution in [-0.4, -0.2) is 42.0 Å². The van der Waals surface area contributed by atoms with Crippen LogP contribution < -0.4 is 0 Å². The van der Waals surface area contributed by atoms with Gasteiger partial charge in [0.1, 0.15) is 11.8 Å². The Morgan fingerprint density at radius 3 is 2.97 bits per heavy atom. The van der Waals surface area contributed by atoms with Gasteiger partial charge in [0, 0.05) is 17.8 Å². The molecule has 0 spiro atoms. The summed E-state index contributed by atoms with van der Waals surface area (Å²) in [5.41, 5.74) is 2.73. The molecule has 0 aliphatic carbocycles. The summed E-state index contributed by atoms with van der Waals surface area (Å²) in [6.45, 7) is 3.87. The highest BCUT2D eigenvalue weighted by Crippen LogP contribution is 2.34. The molecule has 4 aromatic rings. The Hall–Kier alpha value is -2.98. The number of thiophene rings is 1. The first-order valence-corrected chi connectivity index (χ1v) is 11.3. The summed E-state index contributed by atoms with van der Waals surface area (Å²) in [6.07, 6.45) is 2.24. The predicted octanol–water partition coefficient (Wildman–Crippen LogP) is 3.87. The van der Waals surface area contributed by atoms with Crippen LogP contribution in [0.1, 0.15) is 34.5 Å². The van der Waals surface area contributed by atoms with Gasteiger partial charge >= 0.3 is 0 Å². The van der Waals surface area contributed by atoms with Crippen molar-refractivity contribution in [2.75, 3.05) is 5.75 Å². The van der Waals surface area contributed by atoms with Crippen molar-refractivity contribution in [2.45, 2.75) is 31.5 Å². The zero-order valence-electron chi connectivity index (χ0n) is 16.3. The Morgan fingerprint density at radius 1 is 1.30 bits per heavy atom. The molecule has 5 rings (SSSR count). The van der Waals surface area contributed by atoms with Crippen LogP contribution in [0.15, 0.2) is 56.7 Å². The number of carbonyl (C=O) groups is 1. The van der Waals surface area contributed by atoms with Crippen LogP contribution >= 0.6 is 23.1 Å². The van der Waals surface area contributed by atoms with Crippen molar-refractivity contribution in [1.29, 1.82) is 0 Å². The van der Waals surface area contributed by atoms with E-state index in [1.165, 1.54) is 16.8 Å². The molecule has 4 aromatic heterocycles. The van der Waals surface area contributed by atoms with E-state index in [-0.39, 0.29) is 17.7 Å². The molecule has 0 saturated heterocycles. The first-order valence-electron chi connectivity index (χ1n) is 9.39. The molecule has 1 atom stereocenters. The molecule has 0 bridgehead atoms. The van der Waals surface area contributed by atoms with Crippen LogP contribution in [0.3, 0.4) is 0 Å². The number of rotatable bonds is 5. The number of hydrogen-bond donors (Lipinski definition) is 0. The van der Waals surface area contributed by atoms with Gasteiger partial charge in [0.05, 0.1) is 22.6 Å². The summed E-state index contributed by atoms with van der Waals surface area (Å²) < 4.78 is 7.27. The van der Waals surface area contributed by atoms with Gasteiger partial charge in [-0.15, -0.1) is 16.4 Å². The van der Waals surface area contributed by atoms with Crippen LogP contribution in [0.4, 0.5) is 0 Å². The predicted molar refractivity (Wildman–Crippen MR) is 115 cm³/mol. The number of thioether (sulfide) groups is 1. The number of carbonyl (C=O) groups excluding carboxylic acids is 1. The van der Waals surface area contributed by atoms with Crippen molar-refractivity contribution >= 4 is 40.5 Å². The summed E-state index contributed by atoms with van der Waals surface area (Å²) in [5.74, 6) is 1.32. The van der Waals surface area contributed by atoms with Crippen molar-refractivity contribution in [3.8, 4) is 0 Å². The van der Waals surface area contributed by atoms with Crippen LogP contribution in [0.2, 0.25) is 0 Å². The number of nitrogens with zero attached hydrogens (tertiary/aromatic N) is 6. The largest absolute Gasteiger partial charge is 0.467 e. The van der Waals surface area contributed by atoms with Crippen LogP contribution in [0.5, 0.6) is 0 Å². The van der Waals surface area contributed by atoms with E-state index < -0.39 is 0 Å². The Bertz CT molecular complexity index is 1230. The maximum Gasteiger partial charge on any atom is 0.253 e. The van der Waals surface area contributed by atoms with E-state index in [1.807, 2.05) is 49.6 Å². The number of fused-ring (bicyclic) bond motifs is 1. The molecule has 0 radical (unpaired) electrons. The average Bonchev–Trinajstić information content (AvgIpc) is 3.51. The molecule has 0 saturated carbocycles. The fourth-order valence-electron chi connectivity index (χ4n) is 3.44. The molecule has 0 fully saturated rings. The third kappa shape index (κ3) is 3.52. The standard InChI is InChI=1S/C20H18N6O2S2/c1-12-9-13(2)25-19(21-12)22-20(24-25)30-11-18(27)26-15(16-5-3-7-28-16)10-14(23-26)17-6-4-8-29-17/h3-9,15H,10-11H2,1-2H3/t15-/m1/s1. The Morgan fingerprint density at radius 2 is 2.20 bits per heavy atom. The molecule has 0 unspecified atom stereocenters. The smallest absolute Gasteiger partial charge is 0.253 e. The minimum absolute atomic E-state index is 0.118. The molecule has 0 aromatic carbocycles. The number of aryl methyl sites for hydroxylation is 2. The van der Waals surface area contributed by atoms with E-state index in [0.717, 1.165) is 27.7 Å². The second-order valence-corrected chi connectivity index (χ2v) is 8.82. The lowest BCUT2D eigenvalue weighted by atomic mass is 10.1. The highest BCUT2D eigenvalue weighted by Gasteiger charge is 2.35. The van der Waals surface area contributed by atoms with Gasteiger partial charge in [-0.3, -0.25) is 4.79 Å². The molecule has 8 nitrogen and oxygen atoms in total. The highest BCUT2D eigenvalue weighted by molar-refractivity contribution is 7.99. The fraction of sp³-hybridized carbons (Fsp3) is 0.250. The van der Waals surface area contributed by atoms with Crippen LogP contribution in [0.25, 0.3) is 5.78 Å². The fourth-order valence-corrected chi connectivity index (χ4v) is 4.83. The zero-order valence-corrected chi connectivity index (χ0v) is 18.0. The van der Waals surface area contributed by atoms with E-state index in [0.29, 0.717) is 17.4 Å². The first kappa shape index (κ1) is 19.0. The lowest BCUT2D eigenvalue weighted by molar-refractivity contribution is -0.130. The van der Waals surface area contributed by atoms with Gasteiger partial charge in [0.25, 0.3) is 11.7 Å². The van der Waals surface area contributed by atoms with Crippen molar-refractivity contribution < 1.29 is 9.21 Å². The summed E-state index contributed by atoms with van der Waals surface area (Å²) in [4.78, 5) is 23.0. The topological polar surface area (TPSA) is 88.9 Å².